The van der Waals surface area contributed by atoms with Gasteiger partial charge in [0.1, 0.15) is 0 Å². The van der Waals surface area contributed by atoms with E-state index in [-0.39, 0.29) is 15.4 Å². The van der Waals surface area contributed by atoms with Crippen molar-refractivity contribution in [2.24, 2.45) is 0 Å². The second-order valence-electron chi connectivity index (χ2n) is 2.78. The van der Waals surface area contributed by atoms with Gasteiger partial charge in [0.15, 0.2) is 5.69 Å². The summed E-state index contributed by atoms with van der Waals surface area (Å²) in [6, 6.07) is 0. The van der Waals surface area contributed by atoms with Gasteiger partial charge in [-0.15, -0.1) is 0 Å². The standard InChI is InChI=1S/C8H4Br2F5N/c9-1-3-4(10)2-16-6(8(13,14)15)5(3)7(11)12/h2,7H,1H2. The number of rotatable bonds is 2. The minimum Gasteiger partial charge on any atom is -0.250 e. The van der Waals surface area contributed by atoms with Crippen LogP contribution in [0.5, 0.6) is 0 Å². The van der Waals surface area contributed by atoms with Crippen LogP contribution in [-0.2, 0) is 11.5 Å². The summed E-state index contributed by atoms with van der Waals surface area (Å²) >= 11 is 5.75. The van der Waals surface area contributed by atoms with Gasteiger partial charge in [-0.1, -0.05) is 15.9 Å². The lowest BCUT2D eigenvalue weighted by Crippen LogP contribution is -2.14. The van der Waals surface area contributed by atoms with Crippen LogP contribution in [0.2, 0.25) is 0 Å². The summed E-state index contributed by atoms with van der Waals surface area (Å²) < 4.78 is 62.6. The van der Waals surface area contributed by atoms with Crippen LogP contribution in [0.25, 0.3) is 0 Å². The van der Waals surface area contributed by atoms with Crippen molar-refractivity contribution >= 4 is 31.9 Å². The smallest absolute Gasteiger partial charge is 0.250 e. The maximum absolute atomic E-state index is 12.6. The molecule has 0 saturated carbocycles. The monoisotopic (exact) mass is 367 g/mol. The summed E-state index contributed by atoms with van der Waals surface area (Å²) in [5, 5.41) is -0.112. The molecule has 0 amide bonds. The molecule has 16 heavy (non-hydrogen) atoms. The van der Waals surface area contributed by atoms with Crippen LogP contribution in [0.4, 0.5) is 22.0 Å². The highest BCUT2D eigenvalue weighted by Crippen LogP contribution is 2.39. The van der Waals surface area contributed by atoms with Crippen molar-refractivity contribution in [1.29, 1.82) is 0 Å². The Morgan fingerprint density at radius 2 is 1.88 bits per heavy atom. The van der Waals surface area contributed by atoms with Crippen molar-refractivity contribution in [3.8, 4) is 0 Å². The lowest BCUT2D eigenvalue weighted by Gasteiger charge is -2.15. The number of halogens is 7. The topological polar surface area (TPSA) is 12.9 Å². The molecule has 0 saturated heterocycles. The first-order valence-corrected chi connectivity index (χ1v) is 5.79. The molecule has 90 valence electrons. The van der Waals surface area contributed by atoms with Gasteiger partial charge >= 0.3 is 6.18 Å². The molecule has 0 unspecified atom stereocenters. The highest BCUT2D eigenvalue weighted by Gasteiger charge is 2.39. The highest BCUT2D eigenvalue weighted by molar-refractivity contribution is 9.10. The zero-order valence-electron chi connectivity index (χ0n) is 7.45. The summed E-state index contributed by atoms with van der Waals surface area (Å²) in [6.45, 7) is 0. The van der Waals surface area contributed by atoms with E-state index in [1.165, 1.54) is 0 Å². The van der Waals surface area contributed by atoms with Crippen molar-refractivity contribution < 1.29 is 22.0 Å². The third-order valence-electron chi connectivity index (χ3n) is 1.80. The zero-order chi connectivity index (χ0) is 12.5. The number of hydrogen-bond acceptors (Lipinski definition) is 1. The van der Waals surface area contributed by atoms with Crippen LogP contribution in [-0.4, -0.2) is 4.98 Å². The average molecular weight is 369 g/mol. The van der Waals surface area contributed by atoms with E-state index >= 15 is 0 Å². The van der Waals surface area contributed by atoms with E-state index in [9.17, 15) is 22.0 Å². The molecule has 0 N–H and O–H groups in total. The summed E-state index contributed by atoms with van der Waals surface area (Å²) in [6.07, 6.45) is -7.25. The maximum atomic E-state index is 12.6. The molecule has 0 radical (unpaired) electrons. The molecular weight excluding hydrogens is 365 g/mol. The van der Waals surface area contributed by atoms with Gasteiger partial charge in [-0.25, -0.2) is 8.78 Å². The minimum absolute atomic E-state index is 0.112. The molecule has 0 aliphatic heterocycles. The maximum Gasteiger partial charge on any atom is 0.433 e. The highest BCUT2D eigenvalue weighted by atomic mass is 79.9. The number of hydrogen-bond donors (Lipinski definition) is 0. The first kappa shape index (κ1) is 13.8. The van der Waals surface area contributed by atoms with E-state index in [0.717, 1.165) is 6.20 Å². The molecule has 1 rings (SSSR count). The van der Waals surface area contributed by atoms with Gasteiger partial charge in [0.2, 0.25) is 0 Å². The fourth-order valence-corrected chi connectivity index (χ4v) is 2.57. The van der Waals surface area contributed by atoms with Gasteiger partial charge < -0.3 is 0 Å². The molecule has 0 fully saturated rings. The number of nitrogens with zero attached hydrogens (tertiary/aromatic N) is 1. The zero-order valence-corrected chi connectivity index (χ0v) is 10.6. The molecule has 8 heteroatoms. The SMILES string of the molecule is FC(F)c1c(C(F)(F)F)ncc(Br)c1CBr. The number of pyridine rings is 1. The fourth-order valence-electron chi connectivity index (χ4n) is 1.14. The van der Waals surface area contributed by atoms with Crippen LogP contribution in [0.3, 0.4) is 0 Å². The molecule has 0 aliphatic carbocycles. The van der Waals surface area contributed by atoms with Crippen molar-refractivity contribution in [3.05, 3.63) is 27.5 Å². The Morgan fingerprint density at radius 3 is 2.25 bits per heavy atom. The van der Waals surface area contributed by atoms with Crippen LogP contribution in [0.15, 0.2) is 10.7 Å². The van der Waals surface area contributed by atoms with Crippen molar-refractivity contribution in [1.82, 2.24) is 4.98 Å². The Bertz CT molecular complexity index is 391. The van der Waals surface area contributed by atoms with E-state index in [1.54, 1.807) is 0 Å². The molecule has 1 aromatic rings. The van der Waals surface area contributed by atoms with Gasteiger partial charge in [-0.3, -0.25) is 4.98 Å². The van der Waals surface area contributed by atoms with Crippen LogP contribution in [0.1, 0.15) is 23.2 Å². The third kappa shape index (κ3) is 2.71. The molecule has 0 aromatic carbocycles. The minimum atomic E-state index is -4.89. The predicted molar refractivity (Wildman–Crippen MR) is 54.5 cm³/mol. The van der Waals surface area contributed by atoms with Crippen molar-refractivity contribution in [2.45, 2.75) is 17.9 Å². The van der Waals surface area contributed by atoms with Crippen molar-refractivity contribution in [3.63, 3.8) is 0 Å². The molecule has 0 aliphatic rings. The fraction of sp³-hybridized carbons (Fsp3) is 0.375. The second-order valence-corrected chi connectivity index (χ2v) is 4.19. The molecule has 0 spiro atoms. The van der Waals surface area contributed by atoms with E-state index < -0.39 is 23.9 Å². The van der Waals surface area contributed by atoms with Gasteiger partial charge in [0.05, 0.1) is 5.56 Å². The predicted octanol–water partition coefficient (Wildman–Crippen LogP) is 4.70. The molecule has 1 nitrogen and oxygen atoms in total. The Balaban J connectivity index is 3.52. The van der Waals surface area contributed by atoms with Crippen LogP contribution < -0.4 is 0 Å². The summed E-state index contributed by atoms with van der Waals surface area (Å²) in [4.78, 5) is 3.01. The normalized spacial score (nSPS) is 12.2. The molecule has 0 atom stereocenters. The van der Waals surface area contributed by atoms with E-state index in [0.29, 0.717) is 0 Å². The largest absolute Gasteiger partial charge is 0.433 e. The molecular formula is C8H4Br2F5N. The number of aromatic nitrogens is 1. The third-order valence-corrected chi connectivity index (χ3v) is 3.04. The quantitative estimate of drug-likeness (QED) is 0.545. The first-order chi connectivity index (χ1) is 7.29. The number of alkyl halides is 6. The molecule has 1 aromatic heterocycles. The Kier molecular flexibility index (Phi) is 4.28. The van der Waals surface area contributed by atoms with Gasteiger partial charge in [-0.05, 0) is 21.5 Å². The summed E-state index contributed by atoms with van der Waals surface area (Å²) in [5.74, 6) is 0. The summed E-state index contributed by atoms with van der Waals surface area (Å²) in [7, 11) is 0. The second kappa shape index (κ2) is 4.95. The lowest BCUT2D eigenvalue weighted by atomic mass is 10.1. The van der Waals surface area contributed by atoms with Gasteiger partial charge in [-0.2, -0.15) is 13.2 Å². The Hall–Kier alpha value is -0.240. The average Bonchev–Trinajstić information content (AvgIpc) is 2.14. The van der Waals surface area contributed by atoms with Crippen LogP contribution in [0, 0.1) is 0 Å². The lowest BCUT2D eigenvalue weighted by molar-refractivity contribution is -0.143. The molecule has 1 heterocycles. The Labute approximate surface area is 104 Å². The van der Waals surface area contributed by atoms with Gasteiger partial charge in [0, 0.05) is 16.0 Å². The van der Waals surface area contributed by atoms with Crippen LogP contribution >= 0.6 is 31.9 Å². The Morgan fingerprint density at radius 1 is 1.31 bits per heavy atom. The first-order valence-electron chi connectivity index (χ1n) is 3.87. The van der Waals surface area contributed by atoms with Gasteiger partial charge in [0.25, 0.3) is 6.43 Å². The van der Waals surface area contributed by atoms with E-state index in [2.05, 4.69) is 36.8 Å². The summed E-state index contributed by atoms with van der Waals surface area (Å²) in [5.41, 5.74) is -2.77. The van der Waals surface area contributed by atoms with E-state index in [4.69, 9.17) is 0 Å². The van der Waals surface area contributed by atoms with Crippen molar-refractivity contribution in [2.75, 3.05) is 0 Å². The molecule has 0 bridgehead atoms. The van der Waals surface area contributed by atoms with E-state index in [1.807, 2.05) is 0 Å².